The molecule has 0 fully saturated rings. The number of hydrogen-bond acceptors (Lipinski definition) is 3. The fraction of sp³-hybridized carbons (Fsp3) is 0.222. The summed E-state index contributed by atoms with van der Waals surface area (Å²) in [6.45, 7) is 0.287. The summed E-state index contributed by atoms with van der Waals surface area (Å²) in [5, 5.41) is 9.64. The van der Waals surface area contributed by atoms with Gasteiger partial charge in [-0.2, -0.15) is 13.2 Å². The van der Waals surface area contributed by atoms with E-state index in [9.17, 15) is 22.8 Å². The molecule has 4 rings (SSSR count). The number of fused-ring (bicyclic) bond motifs is 1. The van der Waals surface area contributed by atoms with Gasteiger partial charge in [0.05, 0.1) is 33.7 Å². The molecule has 0 unspecified atom stereocenters. The molecule has 0 atom stereocenters. The second-order valence-corrected chi connectivity index (χ2v) is 9.57. The first kappa shape index (κ1) is 27.5. The van der Waals surface area contributed by atoms with Gasteiger partial charge in [0.2, 0.25) is 5.62 Å². The Labute approximate surface area is 226 Å². The van der Waals surface area contributed by atoms with E-state index < -0.39 is 23.2 Å². The van der Waals surface area contributed by atoms with Gasteiger partial charge in [-0.05, 0) is 55.0 Å². The van der Waals surface area contributed by atoms with E-state index in [1.165, 1.54) is 24.1 Å². The first-order valence-electron chi connectivity index (χ1n) is 11.6. The minimum atomic E-state index is -4.65. The van der Waals surface area contributed by atoms with Crippen LogP contribution in [0.15, 0.2) is 66.7 Å². The van der Waals surface area contributed by atoms with Gasteiger partial charge in [-0.3, -0.25) is 15.0 Å². The molecule has 0 spiro atoms. The second kappa shape index (κ2) is 11.0. The number of hydrogen-bond donors (Lipinski definition) is 1. The Hall–Kier alpha value is -3.56. The van der Waals surface area contributed by atoms with Crippen molar-refractivity contribution in [3.63, 3.8) is 0 Å². The fourth-order valence-electron chi connectivity index (χ4n) is 4.29. The van der Waals surface area contributed by atoms with Crippen LogP contribution < -0.4 is 5.62 Å². The van der Waals surface area contributed by atoms with E-state index in [2.05, 4.69) is 0 Å². The number of ketones is 1. The van der Waals surface area contributed by atoms with E-state index >= 15 is 0 Å². The number of amides is 1. The lowest BCUT2D eigenvalue weighted by Crippen LogP contribution is -2.32. The van der Waals surface area contributed by atoms with Crippen molar-refractivity contribution in [3.8, 4) is 0 Å². The van der Waals surface area contributed by atoms with Gasteiger partial charge in [0.15, 0.2) is 5.78 Å². The third kappa shape index (κ3) is 5.63. The highest BCUT2D eigenvalue weighted by Crippen LogP contribution is 2.32. The van der Waals surface area contributed by atoms with E-state index in [-0.39, 0.29) is 31.0 Å². The van der Waals surface area contributed by atoms with Gasteiger partial charge in [0.1, 0.15) is 0 Å². The molecule has 0 saturated carbocycles. The van der Waals surface area contributed by atoms with Crippen LogP contribution in [0.1, 0.15) is 32.7 Å². The fourth-order valence-corrected chi connectivity index (χ4v) is 4.69. The minimum absolute atomic E-state index is 0.0341. The molecule has 3 aromatic carbocycles. The van der Waals surface area contributed by atoms with E-state index in [4.69, 9.17) is 28.6 Å². The van der Waals surface area contributed by atoms with Crippen molar-refractivity contribution in [2.75, 3.05) is 13.6 Å². The number of benzene rings is 3. The van der Waals surface area contributed by atoms with Crippen molar-refractivity contribution < 1.29 is 22.8 Å². The Balaban J connectivity index is 1.55. The van der Waals surface area contributed by atoms with Gasteiger partial charge >= 0.3 is 6.18 Å². The van der Waals surface area contributed by atoms with Gasteiger partial charge in [-0.1, -0.05) is 41.4 Å². The van der Waals surface area contributed by atoms with Crippen LogP contribution in [0.4, 0.5) is 13.2 Å². The van der Waals surface area contributed by atoms with E-state index in [0.29, 0.717) is 33.1 Å². The molecule has 6 nitrogen and oxygen atoms in total. The molecule has 0 saturated heterocycles. The Kier molecular flexibility index (Phi) is 7.99. The standard InChI is InChI=1S/C27H23Cl2F3N4O2/c1-34(25(38)19-6-2-3-7-20(19)27(30,31)32)14-5-15-35-24-21(29)8-4-9-22(24)36(26(35)33)16-23(37)17-10-12-18(28)13-11-17/h2-4,6-13,33H,5,14-16H2,1H3. The van der Waals surface area contributed by atoms with E-state index in [1.807, 2.05) is 0 Å². The SMILES string of the molecule is CN(CCCn1c(=N)n(CC(=O)c2ccc(Cl)cc2)c2cccc(Cl)c21)C(=O)c1ccccc1C(F)(F)F. The summed E-state index contributed by atoms with van der Waals surface area (Å²) < 4.78 is 43.2. The molecule has 11 heteroatoms. The van der Waals surface area contributed by atoms with Crippen LogP contribution in [0.3, 0.4) is 0 Å². The zero-order valence-corrected chi connectivity index (χ0v) is 21.7. The lowest BCUT2D eigenvalue weighted by Gasteiger charge is -2.20. The zero-order chi connectivity index (χ0) is 27.6. The van der Waals surface area contributed by atoms with Crippen molar-refractivity contribution >= 4 is 45.9 Å². The molecule has 1 heterocycles. The monoisotopic (exact) mass is 562 g/mol. The summed E-state index contributed by atoms with van der Waals surface area (Å²) in [5.41, 5.74) is 0.222. The summed E-state index contributed by atoms with van der Waals surface area (Å²) in [6.07, 6.45) is -4.31. The second-order valence-electron chi connectivity index (χ2n) is 8.72. The maximum Gasteiger partial charge on any atom is 0.417 e. The molecule has 0 aliphatic heterocycles. The predicted octanol–water partition coefficient (Wildman–Crippen LogP) is 6.29. The summed E-state index contributed by atoms with van der Waals surface area (Å²) in [5.74, 6) is -0.962. The molecule has 0 aliphatic carbocycles. The van der Waals surface area contributed by atoms with Gasteiger partial charge in [-0.25, -0.2) is 0 Å². The quantitative estimate of drug-likeness (QED) is 0.256. The predicted molar refractivity (Wildman–Crippen MR) is 140 cm³/mol. The van der Waals surface area contributed by atoms with E-state index in [0.717, 1.165) is 12.1 Å². The lowest BCUT2D eigenvalue weighted by atomic mass is 10.1. The largest absolute Gasteiger partial charge is 0.417 e. The van der Waals surface area contributed by atoms with Crippen LogP contribution in [-0.4, -0.2) is 39.3 Å². The van der Waals surface area contributed by atoms with E-state index in [1.54, 1.807) is 51.6 Å². The van der Waals surface area contributed by atoms with Crippen LogP contribution in [-0.2, 0) is 19.3 Å². The molecular formula is C27H23Cl2F3N4O2. The van der Waals surface area contributed by atoms with Crippen LogP contribution in [0, 0.1) is 5.41 Å². The average molecular weight is 563 g/mol. The maximum atomic E-state index is 13.4. The van der Waals surface area contributed by atoms with Crippen molar-refractivity contribution in [2.24, 2.45) is 0 Å². The number of carbonyl (C=O) groups is 2. The van der Waals surface area contributed by atoms with Crippen molar-refractivity contribution in [1.29, 1.82) is 5.41 Å². The summed E-state index contributed by atoms with van der Waals surface area (Å²) in [6, 6.07) is 16.3. The highest BCUT2D eigenvalue weighted by molar-refractivity contribution is 6.35. The van der Waals surface area contributed by atoms with Gasteiger partial charge < -0.3 is 14.0 Å². The molecule has 0 aliphatic rings. The normalized spacial score (nSPS) is 11.6. The number of aryl methyl sites for hydroxylation is 1. The number of halogens is 5. The molecule has 38 heavy (non-hydrogen) atoms. The van der Waals surface area contributed by atoms with Gasteiger partial charge in [0, 0.05) is 30.7 Å². The topological polar surface area (TPSA) is 71.1 Å². The molecule has 198 valence electrons. The molecule has 1 amide bonds. The first-order valence-corrected chi connectivity index (χ1v) is 12.4. The van der Waals surface area contributed by atoms with Crippen molar-refractivity contribution in [2.45, 2.75) is 25.7 Å². The number of imidazole rings is 1. The van der Waals surface area contributed by atoms with Crippen molar-refractivity contribution in [1.82, 2.24) is 14.0 Å². The summed E-state index contributed by atoms with van der Waals surface area (Å²) in [7, 11) is 1.43. The Morgan fingerprint density at radius 3 is 2.32 bits per heavy atom. The lowest BCUT2D eigenvalue weighted by molar-refractivity contribution is -0.138. The molecule has 0 bridgehead atoms. The molecule has 0 radical (unpaired) electrons. The number of alkyl halides is 3. The molecule has 1 aromatic heterocycles. The smallest absolute Gasteiger partial charge is 0.342 e. The van der Waals surface area contributed by atoms with Crippen LogP contribution in [0.2, 0.25) is 10.0 Å². The molecule has 4 aromatic rings. The summed E-state index contributed by atoms with van der Waals surface area (Å²) >= 11 is 12.4. The highest BCUT2D eigenvalue weighted by Gasteiger charge is 2.35. The highest BCUT2D eigenvalue weighted by atomic mass is 35.5. The Morgan fingerprint density at radius 1 is 0.947 bits per heavy atom. The van der Waals surface area contributed by atoms with Gasteiger partial charge in [0.25, 0.3) is 5.91 Å². The van der Waals surface area contributed by atoms with Crippen LogP contribution in [0.25, 0.3) is 11.0 Å². The Bertz CT molecular complexity index is 1560. The summed E-state index contributed by atoms with van der Waals surface area (Å²) in [4.78, 5) is 26.9. The number of Topliss-reactive ketones (excluding diaryl/α,β-unsaturated/α-hetero) is 1. The number of nitrogens with one attached hydrogen (secondary N) is 1. The van der Waals surface area contributed by atoms with Crippen LogP contribution in [0.5, 0.6) is 0 Å². The zero-order valence-electron chi connectivity index (χ0n) is 20.2. The van der Waals surface area contributed by atoms with Crippen LogP contribution >= 0.6 is 23.2 Å². The number of para-hydroxylation sites is 1. The number of aromatic nitrogens is 2. The maximum absolute atomic E-state index is 13.4. The van der Waals surface area contributed by atoms with Crippen molar-refractivity contribution in [3.05, 3.63) is 99.1 Å². The third-order valence-electron chi connectivity index (χ3n) is 6.19. The first-order chi connectivity index (χ1) is 18.0. The number of nitrogens with zero attached hydrogens (tertiary/aromatic N) is 3. The molecule has 1 N–H and O–H groups in total. The minimum Gasteiger partial charge on any atom is -0.342 e. The molecular weight excluding hydrogens is 540 g/mol. The average Bonchev–Trinajstić information content (AvgIpc) is 3.15. The van der Waals surface area contributed by atoms with Gasteiger partial charge in [-0.15, -0.1) is 0 Å². The third-order valence-corrected chi connectivity index (χ3v) is 6.75. The number of carbonyl (C=O) groups excluding carboxylic acids is 2. The number of rotatable bonds is 8. The Morgan fingerprint density at radius 2 is 1.63 bits per heavy atom.